The minimum Gasteiger partial charge on any atom is -0.479 e. The van der Waals surface area contributed by atoms with Gasteiger partial charge in [0.05, 0.1) is 6.61 Å². The van der Waals surface area contributed by atoms with Crippen LogP contribution in [-0.4, -0.2) is 89.2 Å². The molecule has 0 spiro atoms. The second-order valence-electron chi connectivity index (χ2n) is 19.9. The molecule has 0 aliphatic carbocycles. The molecule has 0 aromatic rings. The van der Waals surface area contributed by atoms with Gasteiger partial charge in [-0.15, -0.1) is 0 Å². The van der Waals surface area contributed by atoms with Crippen molar-refractivity contribution in [2.24, 2.45) is 0 Å². The second-order valence-corrected chi connectivity index (χ2v) is 19.9. The van der Waals surface area contributed by atoms with E-state index in [0.29, 0.717) is 19.3 Å². The highest BCUT2D eigenvalue weighted by Crippen LogP contribution is 2.26. The number of ether oxygens (including phenoxy) is 5. The molecule has 0 amide bonds. The predicted octanol–water partition coefficient (Wildman–Crippen LogP) is 14.8. The summed E-state index contributed by atoms with van der Waals surface area (Å²) in [6.45, 7) is 5.87. The molecule has 1 aliphatic heterocycles. The molecule has 12 heteroatoms. The van der Waals surface area contributed by atoms with E-state index < -0.39 is 67.3 Å². The maximum atomic E-state index is 13.1. The number of aliphatic carboxylic acids is 1. The zero-order chi connectivity index (χ0) is 53.3. The fraction of sp³-hybridized carbons (Fsp3) is 0.770. The lowest BCUT2D eigenvalue weighted by molar-refractivity contribution is -0.301. The minimum absolute atomic E-state index is 0.0431. The topological polar surface area (TPSA) is 175 Å². The van der Waals surface area contributed by atoms with E-state index in [1.165, 1.54) is 70.6 Å². The summed E-state index contributed by atoms with van der Waals surface area (Å²) in [6, 6.07) is 0. The molecule has 0 bridgehead atoms. The molecule has 0 aromatic heterocycles. The Morgan fingerprint density at radius 3 is 1.33 bits per heavy atom. The lowest BCUT2D eigenvalue weighted by Gasteiger charge is -2.40. The summed E-state index contributed by atoms with van der Waals surface area (Å²) in [4.78, 5) is 51.0. The van der Waals surface area contributed by atoms with Crippen molar-refractivity contribution in [3.8, 4) is 0 Å². The molecule has 73 heavy (non-hydrogen) atoms. The van der Waals surface area contributed by atoms with Gasteiger partial charge in [-0.05, 0) is 83.5 Å². The molecular weight excluding hydrogens is 925 g/mol. The number of unbranched alkanes of at least 4 members (excludes halogenated alkanes) is 25. The van der Waals surface area contributed by atoms with E-state index >= 15 is 0 Å². The zero-order valence-electron chi connectivity index (χ0n) is 46.1. The van der Waals surface area contributed by atoms with Gasteiger partial charge in [-0.1, -0.05) is 210 Å². The highest BCUT2D eigenvalue weighted by Gasteiger charge is 2.50. The first kappa shape index (κ1) is 67.4. The third-order valence-corrected chi connectivity index (χ3v) is 13.0. The number of esters is 3. The fourth-order valence-electron chi connectivity index (χ4n) is 8.53. The molecule has 12 nitrogen and oxygen atoms in total. The number of aliphatic hydroxyl groups is 2. The predicted molar refractivity (Wildman–Crippen MR) is 294 cm³/mol. The van der Waals surface area contributed by atoms with E-state index in [2.05, 4.69) is 81.5 Å². The van der Waals surface area contributed by atoms with Gasteiger partial charge >= 0.3 is 23.9 Å². The monoisotopic (exact) mass is 1030 g/mol. The smallest absolute Gasteiger partial charge is 0.335 e. The maximum absolute atomic E-state index is 13.1. The molecule has 420 valence electrons. The quantitative estimate of drug-likeness (QED) is 0.0228. The highest BCUT2D eigenvalue weighted by molar-refractivity contribution is 5.74. The van der Waals surface area contributed by atoms with Crippen LogP contribution in [0, 0.1) is 0 Å². The van der Waals surface area contributed by atoms with Gasteiger partial charge in [-0.2, -0.15) is 0 Å². The Labute approximate surface area is 443 Å². The maximum Gasteiger partial charge on any atom is 0.335 e. The van der Waals surface area contributed by atoms with E-state index in [0.717, 1.165) is 122 Å². The molecule has 0 saturated carbocycles. The van der Waals surface area contributed by atoms with E-state index in [1.54, 1.807) is 0 Å². The molecular formula is C61H104O12. The summed E-state index contributed by atoms with van der Waals surface area (Å²) in [5, 5.41) is 31.4. The number of aliphatic hydroxyl groups excluding tert-OH is 2. The molecule has 1 heterocycles. The van der Waals surface area contributed by atoms with Crippen LogP contribution in [0.2, 0.25) is 0 Å². The largest absolute Gasteiger partial charge is 0.479 e. The summed E-state index contributed by atoms with van der Waals surface area (Å²) in [5.41, 5.74) is 0. The molecule has 1 aliphatic rings. The number of rotatable bonds is 49. The van der Waals surface area contributed by atoms with Gasteiger partial charge in [0.15, 0.2) is 24.6 Å². The van der Waals surface area contributed by atoms with Crippen LogP contribution in [0.3, 0.4) is 0 Å². The number of carbonyl (C=O) groups is 4. The van der Waals surface area contributed by atoms with Gasteiger partial charge in [0.25, 0.3) is 0 Å². The number of carboxylic acids is 1. The Kier molecular flexibility index (Phi) is 45.5. The van der Waals surface area contributed by atoms with Crippen molar-refractivity contribution < 1.29 is 58.2 Å². The molecule has 6 unspecified atom stereocenters. The van der Waals surface area contributed by atoms with E-state index in [9.17, 15) is 34.5 Å². The fourth-order valence-corrected chi connectivity index (χ4v) is 8.53. The van der Waals surface area contributed by atoms with Crippen LogP contribution in [0.1, 0.15) is 252 Å². The number of carboxylic acid groups (broad SMARTS) is 1. The first-order valence-electron chi connectivity index (χ1n) is 29.3. The third kappa shape index (κ3) is 39.5. The number of carbonyl (C=O) groups excluding carboxylic acids is 3. The Balaban J connectivity index is 2.68. The van der Waals surface area contributed by atoms with Crippen molar-refractivity contribution in [2.45, 2.75) is 289 Å². The molecule has 1 fully saturated rings. The average Bonchev–Trinajstić information content (AvgIpc) is 3.37. The van der Waals surface area contributed by atoms with Crippen LogP contribution in [0.4, 0.5) is 0 Å². The van der Waals surface area contributed by atoms with Crippen molar-refractivity contribution in [2.75, 3.05) is 13.2 Å². The van der Waals surface area contributed by atoms with Crippen LogP contribution in [0.25, 0.3) is 0 Å². The van der Waals surface area contributed by atoms with E-state index in [1.807, 2.05) is 0 Å². The third-order valence-electron chi connectivity index (χ3n) is 13.0. The molecule has 1 rings (SSSR count). The second kappa shape index (κ2) is 49.3. The standard InChI is InChI=1S/C61H104O12/c1-4-7-10-13-16-19-22-24-25-26-27-28-29-31-33-35-38-41-44-47-53(62)69-50-52(71-54(63)48-45-42-39-36-32-21-18-15-12-9-6-3)51-70-61-59(57(66)56(65)58(73-61)60(67)68)72-55(64)49-46-43-40-37-34-30-23-20-17-14-11-8-5-2/h11,14,16,19-20,23-25,27-28,52,56-59,61,65-66H,4-10,12-13,15,17-18,21-22,26,29-51H2,1-3H3,(H,67,68)/b14-11-,19-16-,23-20-,25-24-,28-27-. The first-order chi connectivity index (χ1) is 35.6. The Morgan fingerprint density at radius 1 is 0.452 bits per heavy atom. The molecule has 0 radical (unpaired) electrons. The van der Waals surface area contributed by atoms with Crippen molar-refractivity contribution in [3.63, 3.8) is 0 Å². The van der Waals surface area contributed by atoms with Crippen LogP contribution in [0.15, 0.2) is 60.8 Å². The van der Waals surface area contributed by atoms with Gasteiger partial charge in [0, 0.05) is 19.3 Å². The first-order valence-corrected chi connectivity index (χ1v) is 29.3. The van der Waals surface area contributed by atoms with E-state index in [-0.39, 0.29) is 25.9 Å². The number of hydrogen-bond donors (Lipinski definition) is 3. The normalized spacial score (nSPS) is 18.7. The van der Waals surface area contributed by atoms with E-state index in [4.69, 9.17) is 23.7 Å². The average molecular weight is 1030 g/mol. The van der Waals surface area contributed by atoms with Crippen LogP contribution < -0.4 is 0 Å². The number of allylic oxidation sites excluding steroid dienone is 10. The molecule has 1 saturated heterocycles. The minimum atomic E-state index is -1.91. The summed E-state index contributed by atoms with van der Waals surface area (Å²) in [5.74, 6) is -3.14. The molecule has 6 atom stereocenters. The van der Waals surface area contributed by atoms with Gasteiger partial charge in [-0.25, -0.2) is 4.79 Å². The summed E-state index contributed by atoms with van der Waals surface area (Å²) >= 11 is 0. The van der Waals surface area contributed by atoms with Crippen molar-refractivity contribution >= 4 is 23.9 Å². The number of hydrogen-bond acceptors (Lipinski definition) is 11. The SMILES string of the molecule is CCC/C=C\C/C=C\CCCCCCCC(=O)OC1C(OCC(COC(=O)CCCCCCCC/C=C\C/C=C\C/C=C\CCCCC)OC(=O)CCCCCCCCCCCCC)OC(C(=O)O)C(O)C1O. The van der Waals surface area contributed by atoms with Crippen LogP contribution >= 0.6 is 0 Å². The summed E-state index contributed by atoms with van der Waals surface area (Å²) < 4.78 is 28.4. The van der Waals surface area contributed by atoms with Crippen LogP contribution in [0.5, 0.6) is 0 Å². The van der Waals surface area contributed by atoms with Gasteiger partial charge in [0.2, 0.25) is 0 Å². The lowest BCUT2D eigenvalue weighted by Crippen LogP contribution is -2.61. The Morgan fingerprint density at radius 2 is 0.849 bits per heavy atom. The summed E-state index contributed by atoms with van der Waals surface area (Å²) in [7, 11) is 0. The van der Waals surface area contributed by atoms with Crippen LogP contribution in [-0.2, 0) is 42.9 Å². The molecule has 3 N–H and O–H groups in total. The van der Waals surface area contributed by atoms with Crippen molar-refractivity contribution in [3.05, 3.63) is 60.8 Å². The lowest BCUT2D eigenvalue weighted by atomic mass is 9.98. The van der Waals surface area contributed by atoms with Gasteiger partial charge in [-0.3, -0.25) is 14.4 Å². The highest BCUT2D eigenvalue weighted by atomic mass is 16.7. The summed E-state index contributed by atoms with van der Waals surface area (Å²) in [6.07, 6.45) is 47.6. The van der Waals surface area contributed by atoms with Gasteiger partial charge in [0.1, 0.15) is 18.8 Å². The Hall–Kier alpha value is -3.58. The molecule has 0 aromatic carbocycles. The van der Waals surface area contributed by atoms with Crippen molar-refractivity contribution in [1.82, 2.24) is 0 Å². The Bertz CT molecular complexity index is 1500. The van der Waals surface area contributed by atoms with Gasteiger partial charge < -0.3 is 39.0 Å². The van der Waals surface area contributed by atoms with Crippen molar-refractivity contribution in [1.29, 1.82) is 0 Å². The zero-order valence-corrected chi connectivity index (χ0v) is 46.1.